The van der Waals surface area contributed by atoms with Crippen LogP contribution in [0.15, 0.2) is 79.1 Å². The molecule has 5 aromatic rings. The van der Waals surface area contributed by atoms with E-state index in [2.05, 4.69) is 36.1 Å². The molecular weight excluding hydrogens is 611 g/mol. The molecule has 5 rings (SSSR count). The maximum Gasteiger partial charge on any atom is 0.244 e. The maximum atomic E-state index is 13.2. The Morgan fingerprint density at radius 3 is 2.47 bits per heavy atom. The average Bonchev–Trinajstić information content (AvgIpc) is 3.66. The van der Waals surface area contributed by atoms with E-state index in [1.54, 1.807) is 36.4 Å². The van der Waals surface area contributed by atoms with Gasteiger partial charge in [0.25, 0.3) is 0 Å². The van der Waals surface area contributed by atoms with Crippen LogP contribution in [-0.2, 0) is 16.1 Å². The number of nitrogens with zero attached hydrogens (tertiary/aromatic N) is 5. The predicted molar refractivity (Wildman–Crippen MR) is 166 cm³/mol. The standard InChI is InChI=1S/C30H25Cl3N8O2/c1-18-2-6-20(7-3-18)28-29(33)38-30(37-28)24(15-27(43)34-16-19-4-9-22(31)10-5-19)36-26(42)13-8-21-14-23(32)11-12-25(21)41-17-35-39-40-41/h2-14,17,24H,15-16H2,1H3,(H,34,43)(H,36,42)(H,37,38)/b13-8+/t24-/m0/s1. The number of carbonyl (C=O) groups is 2. The Morgan fingerprint density at radius 1 is 1.00 bits per heavy atom. The van der Waals surface area contributed by atoms with Gasteiger partial charge in [-0.15, -0.1) is 5.10 Å². The van der Waals surface area contributed by atoms with Crippen LogP contribution in [-0.4, -0.2) is 42.0 Å². The second-order valence-electron chi connectivity index (χ2n) is 9.61. The highest BCUT2D eigenvalue weighted by Crippen LogP contribution is 2.29. The molecule has 0 fully saturated rings. The molecule has 0 bridgehead atoms. The number of amides is 2. The molecule has 2 heterocycles. The number of halogens is 3. The third kappa shape index (κ3) is 7.86. The summed E-state index contributed by atoms with van der Waals surface area (Å²) in [7, 11) is 0. The van der Waals surface area contributed by atoms with Gasteiger partial charge in [0, 0.05) is 33.8 Å². The van der Waals surface area contributed by atoms with Crippen LogP contribution >= 0.6 is 34.8 Å². The van der Waals surface area contributed by atoms with Gasteiger partial charge < -0.3 is 15.6 Å². The van der Waals surface area contributed by atoms with E-state index in [0.29, 0.717) is 44.5 Å². The van der Waals surface area contributed by atoms with Crippen LogP contribution in [0.4, 0.5) is 0 Å². The number of hydrogen-bond donors (Lipinski definition) is 3. The zero-order chi connectivity index (χ0) is 30.3. The lowest BCUT2D eigenvalue weighted by Gasteiger charge is -2.16. The zero-order valence-corrected chi connectivity index (χ0v) is 25.0. The summed E-state index contributed by atoms with van der Waals surface area (Å²) in [6.45, 7) is 2.27. The van der Waals surface area contributed by atoms with Gasteiger partial charge in [0.2, 0.25) is 11.8 Å². The van der Waals surface area contributed by atoms with Crippen LogP contribution in [0.1, 0.15) is 35.0 Å². The lowest BCUT2D eigenvalue weighted by atomic mass is 10.1. The molecule has 0 aliphatic rings. The lowest BCUT2D eigenvalue weighted by molar-refractivity contribution is -0.122. The van der Waals surface area contributed by atoms with Crippen molar-refractivity contribution in [3.8, 4) is 16.9 Å². The minimum Gasteiger partial charge on any atom is -0.352 e. The number of benzene rings is 3. The molecule has 0 spiro atoms. The Hall–Kier alpha value is -4.51. The third-order valence-corrected chi connectivity index (χ3v) is 7.20. The first-order valence-electron chi connectivity index (χ1n) is 13.1. The van der Waals surface area contributed by atoms with Crippen LogP contribution in [0.3, 0.4) is 0 Å². The minimum absolute atomic E-state index is 0.0998. The molecule has 3 N–H and O–H groups in total. The smallest absolute Gasteiger partial charge is 0.244 e. The van der Waals surface area contributed by atoms with Gasteiger partial charge in [-0.3, -0.25) is 9.59 Å². The van der Waals surface area contributed by atoms with Crippen molar-refractivity contribution in [3.05, 3.63) is 117 Å². The van der Waals surface area contributed by atoms with E-state index < -0.39 is 11.9 Å². The summed E-state index contributed by atoms with van der Waals surface area (Å²) >= 11 is 18.7. The van der Waals surface area contributed by atoms with E-state index in [1.165, 1.54) is 17.1 Å². The molecule has 10 nitrogen and oxygen atoms in total. The first kappa shape index (κ1) is 30.0. The van der Waals surface area contributed by atoms with Gasteiger partial charge in [-0.2, -0.15) is 4.68 Å². The first-order valence-corrected chi connectivity index (χ1v) is 14.2. The molecule has 0 saturated heterocycles. The normalized spacial score (nSPS) is 11.9. The fraction of sp³-hybridized carbons (Fsp3) is 0.133. The highest BCUT2D eigenvalue weighted by molar-refractivity contribution is 6.32. The number of carbonyl (C=O) groups excluding carboxylic acids is 2. The van der Waals surface area contributed by atoms with E-state index in [1.807, 2.05) is 43.3 Å². The number of aromatic nitrogens is 6. The summed E-state index contributed by atoms with van der Waals surface area (Å²) in [6, 6.07) is 19.2. The van der Waals surface area contributed by atoms with Crippen LogP contribution < -0.4 is 10.6 Å². The van der Waals surface area contributed by atoms with Gasteiger partial charge in [-0.25, -0.2) is 4.98 Å². The second-order valence-corrected chi connectivity index (χ2v) is 10.9. The summed E-state index contributed by atoms with van der Waals surface area (Å²) in [5, 5.41) is 18.4. The lowest BCUT2D eigenvalue weighted by Crippen LogP contribution is -2.33. The number of aryl methyl sites for hydroxylation is 1. The van der Waals surface area contributed by atoms with E-state index >= 15 is 0 Å². The second kappa shape index (κ2) is 13.6. The van der Waals surface area contributed by atoms with Crippen LogP contribution in [0, 0.1) is 6.92 Å². The fourth-order valence-electron chi connectivity index (χ4n) is 4.24. The summed E-state index contributed by atoms with van der Waals surface area (Å²) in [4.78, 5) is 33.9. The Bertz CT molecular complexity index is 1750. The van der Waals surface area contributed by atoms with E-state index in [4.69, 9.17) is 34.8 Å². The van der Waals surface area contributed by atoms with Crippen LogP contribution in [0.2, 0.25) is 15.2 Å². The monoisotopic (exact) mass is 634 g/mol. The van der Waals surface area contributed by atoms with Crippen molar-refractivity contribution >= 4 is 52.7 Å². The van der Waals surface area contributed by atoms with E-state index in [9.17, 15) is 9.59 Å². The summed E-state index contributed by atoms with van der Waals surface area (Å²) < 4.78 is 1.46. The molecule has 2 aromatic heterocycles. The number of imidazole rings is 1. The molecule has 1 atom stereocenters. The van der Waals surface area contributed by atoms with E-state index in [-0.39, 0.29) is 12.3 Å². The molecule has 0 unspecified atom stereocenters. The summed E-state index contributed by atoms with van der Waals surface area (Å²) in [5.41, 5.74) is 4.51. The molecule has 0 aliphatic heterocycles. The van der Waals surface area contributed by atoms with Gasteiger partial charge in [-0.05, 0) is 59.3 Å². The SMILES string of the molecule is Cc1ccc(-c2nc([C@H](CC(=O)NCc3ccc(Cl)cc3)NC(=O)/C=C/c3cc(Cl)ccc3-n3cnnn3)[nH]c2Cl)cc1. The largest absolute Gasteiger partial charge is 0.352 e. The van der Waals surface area contributed by atoms with Crippen molar-refractivity contribution in [3.63, 3.8) is 0 Å². The average molecular weight is 636 g/mol. The number of rotatable bonds is 10. The predicted octanol–water partition coefficient (Wildman–Crippen LogP) is 5.90. The highest BCUT2D eigenvalue weighted by Gasteiger charge is 2.23. The minimum atomic E-state index is -0.822. The van der Waals surface area contributed by atoms with Crippen molar-refractivity contribution in [2.75, 3.05) is 0 Å². The van der Waals surface area contributed by atoms with Gasteiger partial charge >= 0.3 is 0 Å². The molecular formula is C30H25Cl3N8O2. The summed E-state index contributed by atoms with van der Waals surface area (Å²) in [6.07, 6.45) is 4.26. The van der Waals surface area contributed by atoms with Gasteiger partial charge in [0.15, 0.2) is 0 Å². The molecule has 0 radical (unpaired) electrons. The summed E-state index contributed by atoms with van der Waals surface area (Å²) in [5.74, 6) is -0.437. The van der Waals surface area contributed by atoms with Gasteiger partial charge in [0.05, 0.1) is 18.2 Å². The number of H-pyrrole nitrogens is 1. The number of aromatic amines is 1. The van der Waals surface area contributed by atoms with Crippen molar-refractivity contribution in [1.82, 2.24) is 40.8 Å². The Kier molecular flexibility index (Phi) is 9.51. The zero-order valence-electron chi connectivity index (χ0n) is 22.8. The number of hydrogen-bond acceptors (Lipinski definition) is 6. The molecule has 0 saturated carbocycles. The van der Waals surface area contributed by atoms with Gasteiger partial charge in [-0.1, -0.05) is 76.8 Å². The number of tetrazole rings is 1. The first-order chi connectivity index (χ1) is 20.7. The molecule has 0 aliphatic carbocycles. The molecule has 2 amide bonds. The maximum absolute atomic E-state index is 13.2. The fourth-order valence-corrected chi connectivity index (χ4v) is 4.79. The van der Waals surface area contributed by atoms with Crippen molar-refractivity contribution in [2.45, 2.75) is 25.9 Å². The molecule has 13 heteroatoms. The van der Waals surface area contributed by atoms with Crippen molar-refractivity contribution < 1.29 is 9.59 Å². The number of nitrogens with one attached hydrogen (secondary N) is 3. The van der Waals surface area contributed by atoms with Crippen molar-refractivity contribution in [2.24, 2.45) is 0 Å². The Labute approximate surface area is 262 Å². The van der Waals surface area contributed by atoms with Crippen LogP contribution in [0.5, 0.6) is 0 Å². The van der Waals surface area contributed by atoms with Crippen LogP contribution in [0.25, 0.3) is 23.0 Å². The topological polar surface area (TPSA) is 130 Å². The highest BCUT2D eigenvalue weighted by atomic mass is 35.5. The quantitative estimate of drug-likeness (QED) is 0.164. The Morgan fingerprint density at radius 2 is 1.74 bits per heavy atom. The molecule has 3 aromatic carbocycles. The molecule has 218 valence electrons. The third-order valence-electron chi connectivity index (χ3n) is 6.44. The van der Waals surface area contributed by atoms with Crippen molar-refractivity contribution in [1.29, 1.82) is 0 Å². The van der Waals surface area contributed by atoms with Gasteiger partial charge in [0.1, 0.15) is 23.0 Å². The van der Waals surface area contributed by atoms with E-state index in [0.717, 1.165) is 16.7 Å². The Balaban J connectivity index is 1.37. The molecule has 43 heavy (non-hydrogen) atoms.